The summed E-state index contributed by atoms with van der Waals surface area (Å²) in [6, 6.07) is 13.1. The number of benzene rings is 2. The van der Waals surface area contributed by atoms with Crippen LogP contribution in [0.4, 0.5) is 0 Å². The van der Waals surface area contributed by atoms with Gasteiger partial charge in [-0.15, -0.1) is 0 Å². The molecule has 0 fully saturated rings. The van der Waals surface area contributed by atoms with Crippen LogP contribution in [0.2, 0.25) is 0 Å². The van der Waals surface area contributed by atoms with E-state index >= 15 is 0 Å². The van der Waals surface area contributed by atoms with Crippen molar-refractivity contribution in [3.8, 4) is 0 Å². The van der Waals surface area contributed by atoms with Gasteiger partial charge < -0.3 is 4.42 Å². The second kappa shape index (κ2) is 4.25. The number of para-hydroxylation sites is 1. The zero-order valence-corrected chi connectivity index (χ0v) is 11.4. The molecule has 2 aromatic carbocycles. The van der Waals surface area contributed by atoms with Gasteiger partial charge in [0.1, 0.15) is 11.2 Å². The molecule has 0 aliphatic carbocycles. The van der Waals surface area contributed by atoms with E-state index < -0.39 is 0 Å². The Morgan fingerprint density at radius 3 is 2.56 bits per heavy atom. The third-order valence-corrected chi connectivity index (χ3v) is 3.59. The molecule has 1 heterocycles. The normalized spacial score (nSPS) is 13.0. The maximum absolute atomic E-state index is 12.4. The molecular weight excluding hydrogens is 292 g/mol. The zero-order chi connectivity index (χ0) is 12.7. The van der Waals surface area contributed by atoms with Gasteiger partial charge in [-0.05, 0) is 36.8 Å². The van der Waals surface area contributed by atoms with Gasteiger partial charge in [0, 0.05) is 4.83 Å². The van der Waals surface area contributed by atoms with Crippen LogP contribution < -0.4 is 5.43 Å². The van der Waals surface area contributed by atoms with Crippen LogP contribution >= 0.6 is 15.9 Å². The fourth-order valence-corrected chi connectivity index (χ4v) is 2.35. The average Bonchev–Trinajstić information content (AvgIpc) is 2.38. The Hall–Kier alpha value is -1.61. The zero-order valence-electron chi connectivity index (χ0n) is 9.81. The van der Waals surface area contributed by atoms with E-state index in [1.807, 2.05) is 43.3 Å². The van der Waals surface area contributed by atoms with Crippen molar-refractivity contribution < 1.29 is 4.42 Å². The number of rotatable bonds is 1. The standard InChI is InChI=1S/C15H11BrO2/c1-9(16)10-6-7-14-12(8-10)15(17)11-4-2-3-5-13(11)18-14/h2-9H,1H3. The Kier molecular flexibility index (Phi) is 2.71. The molecule has 0 aliphatic heterocycles. The summed E-state index contributed by atoms with van der Waals surface area (Å²) in [7, 11) is 0. The van der Waals surface area contributed by atoms with E-state index in [-0.39, 0.29) is 10.3 Å². The number of alkyl halides is 1. The van der Waals surface area contributed by atoms with Gasteiger partial charge in [0.25, 0.3) is 0 Å². The minimum absolute atomic E-state index is 0.0295. The van der Waals surface area contributed by atoms with E-state index in [2.05, 4.69) is 15.9 Å². The van der Waals surface area contributed by atoms with Crippen LogP contribution in [0.25, 0.3) is 21.9 Å². The van der Waals surface area contributed by atoms with Gasteiger partial charge in [-0.25, -0.2) is 0 Å². The number of hydrogen-bond donors (Lipinski definition) is 0. The second-order valence-corrected chi connectivity index (χ2v) is 5.67. The lowest BCUT2D eigenvalue weighted by atomic mass is 10.1. The van der Waals surface area contributed by atoms with Crippen molar-refractivity contribution in [2.45, 2.75) is 11.8 Å². The molecule has 1 unspecified atom stereocenters. The Labute approximate surface area is 112 Å². The van der Waals surface area contributed by atoms with Crippen LogP contribution in [0.1, 0.15) is 17.3 Å². The summed E-state index contributed by atoms with van der Waals surface area (Å²) in [6.45, 7) is 2.03. The molecule has 3 rings (SSSR count). The molecule has 0 saturated heterocycles. The van der Waals surface area contributed by atoms with E-state index in [1.165, 1.54) is 0 Å². The molecule has 0 N–H and O–H groups in total. The van der Waals surface area contributed by atoms with Crippen LogP contribution in [0, 0.1) is 0 Å². The van der Waals surface area contributed by atoms with Crippen LogP contribution in [0.5, 0.6) is 0 Å². The second-order valence-electron chi connectivity index (χ2n) is 4.30. The maximum Gasteiger partial charge on any atom is 0.200 e. The van der Waals surface area contributed by atoms with E-state index in [1.54, 1.807) is 6.07 Å². The summed E-state index contributed by atoms with van der Waals surface area (Å²) in [5.41, 5.74) is 2.37. The van der Waals surface area contributed by atoms with Crippen LogP contribution in [-0.2, 0) is 0 Å². The van der Waals surface area contributed by atoms with Crippen molar-refractivity contribution in [3.63, 3.8) is 0 Å². The highest BCUT2D eigenvalue weighted by Gasteiger charge is 2.09. The SMILES string of the molecule is CC(Br)c1ccc2oc3ccccc3c(=O)c2c1. The van der Waals surface area contributed by atoms with E-state index in [4.69, 9.17) is 4.42 Å². The molecule has 0 spiro atoms. The summed E-state index contributed by atoms with van der Waals surface area (Å²) in [6.07, 6.45) is 0. The first kappa shape index (κ1) is 11.5. The highest BCUT2D eigenvalue weighted by Crippen LogP contribution is 2.25. The smallest absolute Gasteiger partial charge is 0.200 e. The molecule has 90 valence electrons. The Balaban J connectivity index is 2.45. The lowest BCUT2D eigenvalue weighted by Gasteiger charge is -2.05. The van der Waals surface area contributed by atoms with Gasteiger partial charge >= 0.3 is 0 Å². The average molecular weight is 303 g/mol. The highest BCUT2D eigenvalue weighted by atomic mass is 79.9. The molecule has 18 heavy (non-hydrogen) atoms. The van der Waals surface area contributed by atoms with E-state index in [9.17, 15) is 4.79 Å². The number of hydrogen-bond acceptors (Lipinski definition) is 2. The lowest BCUT2D eigenvalue weighted by molar-refractivity contribution is 0.659. The molecule has 0 amide bonds. The Morgan fingerprint density at radius 1 is 1.06 bits per heavy atom. The number of halogens is 1. The van der Waals surface area contributed by atoms with Crippen LogP contribution in [0.15, 0.2) is 51.7 Å². The molecule has 1 aromatic heterocycles. The third kappa shape index (κ3) is 1.75. The van der Waals surface area contributed by atoms with Crippen molar-refractivity contribution in [2.24, 2.45) is 0 Å². The molecule has 0 bridgehead atoms. The van der Waals surface area contributed by atoms with Crippen LogP contribution in [0.3, 0.4) is 0 Å². The molecule has 0 saturated carbocycles. The van der Waals surface area contributed by atoms with Gasteiger partial charge in [-0.2, -0.15) is 0 Å². The fourth-order valence-electron chi connectivity index (χ4n) is 2.07. The van der Waals surface area contributed by atoms with Crippen molar-refractivity contribution in [2.75, 3.05) is 0 Å². The van der Waals surface area contributed by atoms with Crippen molar-refractivity contribution in [3.05, 3.63) is 58.3 Å². The summed E-state index contributed by atoms with van der Waals surface area (Å²) in [4.78, 5) is 12.6. The quantitative estimate of drug-likeness (QED) is 0.492. The molecule has 0 radical (unpaired) electrons. The Bertz CT molecular complexity index is 787. The molecular formula is C15H11BrO2. The minimum atomic E-state index is 0.0295. The first-order valence-corrected chi connectivity index (χ1v) is 6.68. The monoisotopic (exact) mass is 302 g/mol. The van der Waals surface area contributed by atoms with Gasteiger partial charge in [-0.1, -0.05) is 34.1 Å². The van der Waals surface area contributed by atoms with Crippen molar-refractivity contribution in [1.82, 2.24) is 0 Å². The fraction of sp³-hybridized carbons (Fsp3) is 0.133. The minimum Gasteiger partial charge on any atom is -0.456 e. The summed E-state index contributed by atoms with van der Waals surface area (Å²) in [5.74, 6) is 0. The van der Waals surface area contributed by atoms with E-state index in [0.29, 0.717) is 21.9 Å². The molecule has 2 nitrogen and oxygen atoms in total. The summed E-state index contributed by atoms with van der Waals surface area (Å²) < 4.78 is 5.75. The maximum atomic E-state index is 12.4. The summed E-state index contributed by atoms with van der Waals surface area (Å²) >= 11 is 3.51. The largest absolute Gasteiger partial charge is 0.456 e. The van der Waals surface area contributed by atoms with Crippen molar-refractivity contribution >= 4 is 37.9 Å². The Morgan fingerprint density at radius 2 is 1.78 bits per heavy atom. The highest BCUT2D eigenvalue weighted by molar-refractivity contribution is 9.09. The number of fused-ring (bicyclic) bond motifs is 2. The van der Waals surface area contributed by atoms with E-state index in [0.717, 1.165) is 5.56 Å². The molecule has 3 heteroatoms. The van der Waals surface area contributed by atoms with Gasteiger partial charge in [0.05, 0.1) is 10.8 Å². The van der Waals surface area contributed by atoms with Crippen LogP contribution in [-0.4, -0.2) is 0 Å². The van der Waals surface area contributed by atoms with Gasteiger partial charge in [0.15, 0.2) is 0 Å². The first-order valence-electron chi connectivity index (χ1n) is 5.76. The first-order chi connectivity index (χ1) is 8.66. The molecule has 1 atom stereocenters. The molecule has 3 aromatic rings. The third-order valence-electron chi connectivity index (χ3n) is 3.06. The topological polar surface area (TPSA) is 30.2 Å². The van der Waals surface area contributed by atoms with Gasteiger partial charge in [-0.3, -0.25) is 4.79 Å². The van der Waals surface area contributed by atoms with Crippen molar-refractivity contribution in [1.29, 1.82) is 0 Å². The predicted molar refractivity (Wildman–Crippen MR) is 77.3 cm³/mol. The molecule has 0 aliphatic rings. The lowest BCUT2D eigenvalue weighted by Crippen LogP contribution is -2.02. The predicted octanol–water partition coefficient (Wildman–Crippen LogP) is 4.40. The summed E-state index contributed by atoms with van der Waals surface area (Å²) in [5, 5.41) is 1.27. The van der Waals surface area contributed by atoms with Gasteiger partial charge in [0.2, 0.25) is 5.43 Å².